The minimum absolute atomic E-state index is 0.292. The lowest BCUT2D eigenvalue weighted by atomic mass is 10.0. The molecule has 3 aromatic rings. The minimum Gasteiger partial charge on any atom is -0.352 e. The highest BCUT2D eigenvalue weighted by Crippen LogP contribution is 2.37. The number of nitrogens with zero attached hydrogens (tertiary/aromatic N) is 4. The molecular formula is C24H23BrN6O2S. The van der Waals surface area contributed by atoms with Crippen molar-refractivity contribution in [2.24, 2.45) is 4.99 Å². The zero-order valence-corrected chi connectivity index (χ0v) is 21.2. The molecule has 174 valence electrons. The highest BCUT2D eigenvalue weighted by atomic mass is 79.9. The number of hydrogen-bond donors (Lipinski definition) is 2. The lowest BCUT2D eigenvalue weighted by Gasteiger charge is -2.27. The van der Waals surface area contributed by atoms with Crippen molar-refractivity contribution in [1.82, 2.24) is 20.2 Å². The molecule has 1 fully saturated rings. The maximum absolute atomic E-state index is 12.1. The van der Waals surface area contributed by atoms with Gasteiger partial charge < -0.3 is 10.2 Å². The topological polar surface area (TPSA) is 99.6 Å². The van der Waals surface area contributed by atoms with E-state index in [9.17, 15) is 9.59 Å². The van der Waals surface area contributed by atoms with Crippen molar-refractivity contribution in [3.05, 3.63) is 63.1 Å². The second-order valence-corrected chi connectivity index (χ2v) is 10.5. The first-order chi connectivity index (χ1) is 16.3. The summed E-state index contributed by atoms with van der Waals surface area (Å²) in [5.74, 6) is 0.171. The smallest absolute Gasteiger partial charge is 0.325 e. The number of thiophene rings is 1. The van der Waals surface area contributed by atoms with E-state index in [-0.39, 0.29) is 11.9 Å². The molecule has 0 atom stereocenters. The number of hydrogen-bond acceptors (Lipinski definition) is 7. The third kappa shape index (κ3) is 4.12. The standard InChI is InChI=1S/C24H23BrN6O2S/c1-24(2)21(32)30-23(33)31(24)11-10-27-22-28-13-16(25)19(29-22)17-12-15-8-9-26-18(20(15)34-17)14-6-4-3-5-7-14/h3-7,12-13H,8-11H2,1-2H3,(H,27,28,29)(H,30,32,33). The van der Waals surface area contributed by atoms with E-state index >= 15 is 0 Å². The van der Waals surface area contributed by atoms with Gasteiger partial charge in [0.1, 0.15) is 5.54 Å². The van der Waals surface area contributed by atoms with Crippen molar-refractivity contribution in [3.63, 3.8) is 0 Å². The third-order valence-corrected chi connectivity index (χ3v) is 7.79. The molecule has 0 saturated carbocycles. The minimum atomic E-state index is -0.876. The molecular weight excluding hydrogens is 516 g/mol. The zero-order chi connectivity index (χ0) is 23.9. The number of urea groups is 1. The molecule has 0 radical (unpaired) electrons. The van der Waals surface area contributed by atoms with Crippen molar-refractivity contribution in [2.45, 2.75) is 25.8 Å². The molecule has 2 N–H and O–H groups in total. The first-order valence-corrected chi connectivity index (χ1v) is 12.6. The van der Waals surface area contributed by atoms with Crippen LogP contribution in [0.15, 0.2) is 52.1 Å². The van der Waals surface area contributed by atoms with Gasteiger partial charge in [-0.3, -0.25) is 15.1 Å². The Morgan fingerprint density at radius 2 is 2.03 bits per heavy atom. The van der Waals surface area contributed by atoms with E-state index in [0.29, 0.717) is 19.0 Å². The normalized spacial score (nSPS) is 16.8. The summed E-state index contributed by atoms with van der Waals surface area (Å²) < 4.78 is 0.806. The summed E-state index contributed by atoms with van der Waals surface area (Å²) in [7, 11) is 0. The van der Waals surface area contributed by atoms with Crippen LogP contribution >= 0.6 is 27.3 Å². The molecule has 0 unspecified atom stereocenters. The summed E-state index contributed by atoms with van der Waals surface area (Å²) >= 11 is 5.28. The fourth-order valence-electron chi connectivity index (χ4n) is 4.09. The summed E-state index contributed by atoms with van der Waals surface area (Å²) in [4.78, 5) is 41.7. The Hall–Kier alpha value is -3.11. The Morgan fingerprint density at radius 1 is 1.24 bits per heavy atom. The number of imide groups is 1. The van der Waals surface area contributed by atoms with Crippen LogP contribution in [-0.2, 0) is 11.2 Å². The van der Waals surface area contributed by atoms with Gasteiger partial charge in [0, 0.05) is 31.4 Å². The Balaban J connectivity index is 1.35. The summed E-state index contributed by atoms with van der Waals surface area (Å²) in [5.41, 5.74) is 3.36. The van der Waals surface area contributed by atoms with E-state index in [0.717, 1.165) is 39.3 Å². The summed E-state index contributed by atoms with van der Waals surface area (Å²) in [6.07, 6.45) is 2.63. The van der Waals surface area contributed by atoms with E-state index < -0.39 is 5.54 Å². The molecule has 0 spiro atoms. The van der Waals surface area contributed by atoms with Crippen molar-refractivity contribution in [2.75, 3.05) is 25.0 Å². The zero-order valence-electron chi connectivity index (χ0n) is 18.8. The largest absolute Gasteiger partial charge is 0.352 e. The van der Waals surface area contributed by atoms with Crippen molar-refractivity contribution < 1.29 is 9.59 Å². The van der Waals surface area contributed by atoms with E-state index in [1.54, 1.807) is 31.4 Å². The first-order valence-electron chi connectivity index (χ1n) is 11.0. The van der Waals surface area contributed by atoms with Gasteiger partial charge in [-0.15, -0.1) is 11.3 Å². The van der Waals surface area contributed by atoms with Gasteiger partial charge in [0.25, 0.3) is 5.91 Å². The quantitative estimate of drug-likeness (QED) is 0.460. The molecule has 8 nitrogen and oxygen atoms in total. The van der Waals surface area contributed by atoms with Gasteiger partial charge in [0.05, 0.1) is 25.6 Å². The summed E-state index contributed by atoms with van der Waals surface area (Å²) in [6, 6.07) is 12.1. The lowest BCUT2D eigenvalue weighted by Crippen LogP contribution is -2.46. The number of nitrogens with one attached hydrogen (secondary N) is 2. The number of carbonyl (C=O) groups is 2. The van der Waals surface area contributed by atoms with E-state index in [2.05, 4.69) is 49.7 Å². The van der Waals surface area contributed by atoms with Crippen LogP contribution in [0.3, 0.4) is 0 Å². The van der Waals surface area contributed by atoms with Crippen molar-refractivity contribution in [1.29, 1.82) is 0 Å². The predicted molar refractivity (Wildman–Crippen MR) is 137 cm³/mol. The molecule has 0 bridgehead atoms. The van der Waals surface area contributed by atoms with Gasteiger partial charge in [-0.2, -0.15) is 0 Å². The number of anilines is 1. The Kier molecular flexibility index (Phi) is 5.95. The molecule has 10 heteroatoms. The molecule has 1 saturated heterocycles. The van der Waals surface area contributed by atoms with Crippen LogP contribution in [0.1, 0.15) is 29.9 Å². The van der Waals surface area contributed by atoms with Crippen LogP contribution in [-0.4, -0.2) is 57.7 Å². The van der Waals surface area contributed by atoms with Crippen LogP contribution in [0, 0.1) is 0 Å². The van der Waals surface area contributed by atoms with Gasteiger partial charge in [0.2, 0.25) is 5.95 Å². The predicted octanol–water partition coefficient (Wildman–Crippen LogP) is 4.10. The van der Waals surface area contributed by atoms with Crippen LogP contribution in [0.25, 0.3) is 10.6 Å². The van der Waals surface area contributed by atoms with Gasteiger partial charge in [-0.25, -0.2) is 14.8 Å². The van der Waals surface area contributed by atoms with Gasteiger partial charge in [0.15, 0.2) is 0 Å². The Morgan fingerprint density at radius 3 is 2.76 bits per heavy atom. The maximum Gasteiger partial charge on any atom is 0.325 e. The monoisotopic (exact) mass is 538 g/mol. The average molecular weight is 539 g/mol. The average Bonchev–Trinajstić information content (AvgIpc) is 3.34. The fourth-order valence-corrected chi connectivity index (χ4v) is 5.87. The van der Waals surface area contributed by atoms with Gasteiger partial charge in [-0.1, -0.05) is 30.3 Å². The van der Waals surface area contributed by atoms with Crippen molar-refractivity contribution in [3.8, 4) is 10.6 Å². The molecule has 5 rings (SSSR count). The molecule has 34 heavy (non-hydrogen) atoms. The highest BCUT2D eigenvalue weighted by molar-refractivity contribution is 9.10. The molecule has 2 aliphatic rings. The van der Waals surface area contributed by atoms with E-state index in [1.807, 2.05) is 18.2 Å². The number of aliphatic imine (C=N–C) groups is 1. The van der Waals surface area contributed by atoms with Crippen LogP contribution in [0.5, 0.6) is 0 Å². The number of fused-ring (bicyclic) bond motifs is 1. The summed E-state index contributed by atoms with van der Waals surface area (Å²) in [5, 5.41) is 5.54. The molecule has 2 aliphatic heterocycles. The van der Waals surface area contributed by atoms with Crippen LogP contribution < -0.4 is 10.6 Å². The first kappa shape index (κ1) is 22.7. The van der Waals surface area contributed by atoms with Crippen molar-refractivity contribution >= 4 is 50.9 Å². The third-order valence-electron chi connectivity index (χ3n) is 6.01. The molecule has 0 aliphatic carbocycles. The van der Waals surface area contributed by atoms with E-state index in [1.165, 1.54) is 15.3 Å². The number of halogens is 1. The summed E-state index contributed by atoms with van der Waals surface area (Å²) in [6.45, 7) is 4.99. The van der Waals surface area contributed by atoms with Gasteiger partial charge in [-0.05, 0) is 47.8 Å². The number of aromatic nitrogens is 2. The van der Waals surface area contributed by atoms with E-state index in [4.69, 9.17) is 9.98 Å². The second-order valence-electron chi connectivity index (χ2n) is 8.60. The van der Waals surface area contributed by atoms with Gasteiger partial charge >= 0.3 is 6.03 Å². The molecule has 3 amide bonds. The molecule has 4 heterocycles. The van der Waals surface area contributed by atoms with Crippen LogP contribution in [0.2, 0.25) is 0 Å². The Bertz CT molecular complexity index is 1300. The second kappa shape index (κ2) is 8.92. The number of rotatable bonds is 6. The molecule has 1 aromatic carbocycles. The SMILES string of the molecule is CC1(C)C(=O)NC(=O)N1CCNc1ncc(Br)c(-c2cc3c(s2)C(c2ccccc2)=NCC3)n1. The highest BCUT2D eigenvalue weighted by Gasteiger charge is 2.45. The molecule has 2 aromatic heterocycles. The lowest BCUT2D eigenvalue weighted by molar-refractivity contribution is -0.125. The maximum atomic E-state index is 12.1. The van der Waals surface area contributed by atoms with Crippen LogP contribution in [0.4, 0.5) is 10.7 Å². The number of benzene rings is 1. The number of carbonyl (C=O) groups excluding carboxylic acids is 2. The number of amides is 3. The fraction of sp³-hybridized carbons (Fsp3) is 0.292. The Labute approximate surface area is 209 Å².